The average molecular weight is 399 g/mol. The Morgan fingerprint density at radius 3 is 2.38 bits per heavy atom. The van der Waals surface area contributed by atoms with Gasteiger partial charge in [0.2, 0.25) is 5.91 Å². The molecule has 0 radical (unpaired) electrons. The molecule has 0 aliphatic heterocycles. The highest BCUT2D eigenvalue weighted by molar-refractivity contribution is 5.92. The van der Waals surface area contributed by atoms with Gasteiger partial charge in [-0.3, -0.25) is 4.79 Å². The molecule has 0 saturated carbocycles. The van der Waals surface area contributed by atoms with Crippen molar-refractivity contribution in [3.05, 3.63) is 59.7 Å². The van der Waals surface area contributed by atoms with E-state index in [1.807, 2.05) is 74.4 Å². The lowest BCUT2D eigenvalue weighted by Crippen LogP contribution is -2.39. The van der Waals surface area contributed by atoms with E-state index in [-0.39, 0.29) is 18.5 Å². The molecule has 7 nitrogen and oxygen atoms in total. The Kier molecular flexibility index (Phi) is 8.48. The van der Waals surface area contributed by atoms with Crippen LogP contribution in [0.3, 0.4) is 0 Å². The zero-order valence-electron chi connectivity index (χ0n) is 17.6. The molecule has 29 heavy (non-hydrogen) atoms. The monoisotopic (exact) mass is 398 g/mol. The molecule has 0 atom stereocenters. The first-order valence-electron chi connectivity index (χ1n) is 9.60. The Morgan fingerprint density at radius 1 is 1.03 bits per heavy atom. The predicted octanol–water partition coefficient (Wildman–Crippen LogP) is 3.07. The van der Waals surface area contributed by atoms with Gasteiger partial charge in [-0.05, 0) is 36.2 Å². The van der Waals surface area contributed by atoms with E-state index in [1.54, 1.807) is 4.90 Å². The maximum Gasteiger partial charge on any atom is 0.317 e. The number of nitrogens with one attached hydrogen (secondary N) is 2. The normalized spacial score (nSPS) is 10.3. The maximum absolute atomic E-state index is 12.7. The number of ether oxygens (including phenoxy) is 1. The van der Waals surface area contributed by atoms with E-state index < -0.39 is 0 Å². The van der Waals surface area contributed by atoms with Gasteiger partial charge in [-0.25, -0.2) is 4.79 Å². The van der Waals surface area contributed by atoms with E-state index in [4.69, 9.17) is 4.74 Å². The number of hydrogen-bond acceptors (Lipinski definition) is 4. The molecule has 0 aliphatic carbocycles. The van der Waals surface area contributed by atoms with Crippen LogP contribution < -0.4 is 15.5 Å². The highest BCUT2D eigenvalue weighted by Gasteiger charge is 2.17. The number of nitrogens with zero attached hydrogens (tertiary/aromatic N) is 2. The van der Waals surface area contributed by atoms with Gasteiger partial charge < -0.3 is 25.2 Å². The molecule has 156 valence electrons. The molecule has 0 bridgehead atoms. The number of amides is 3. The number of carbonyl (C=O) groups excluding carboxylic acids is 2. The Morgan fingerprint density at radius 2 is 1.76 bits per heavy atom. The Hall–Kier alpha value is -3.06. The highest BCUT2D eigenvalue weighted by Crippen LogP contribution is 2.25. The maximum atomic E-state index is 12.7. The molecule has 0 spiro atoms. The molecular formula is C22H30N4O3. The van der Waals surface area contributed by atoms with Gasteiger partial charge in [-0.2, -0.15) is 0 Å². The van der Waals surface area contributed by atoms with Crippen LogP contribution in [-0.4, -0.2) is 51.2 Å². The van der Waals surface area contributed by atoms with Crippen molar-refractivity contribution in [1.82, 2.24) is 10.2 Å². The van der Waals surface area contributed by atoms with Crippen molar-refractivity contribution in [2.45, 2.75) is 20.0 Å². The van der Waals surface area contributed by atoms with Gasteiger partial charge in [0.25, 0.3) is 0 Å². The standard InChI is InChI=1S/C22H30N4O3/c1-5-23-22(28)26(14-17-9-7-6-8-10-17)15-18-13-19(24-21(27)16-29-4)11-12-20(18)25(2)3/h6-13H,5,14-16H2,1-4H3,(H,23,28)(H,24,27). The average Bonchev–Trinajstić information content (AvgIpc) is 2.68. The van der Waals surface area contributed by atoms with E-state index in [0.29, 0.717) is 25.3 Å². The first-order chi connectivity index (χ1) is 13.9. The summed E-state index contributed by atoms with van der Waals surface area (Å²) in [5.41, 5.74) is 3.64. The fraction of sp³-hybridized carbons (Fsp3) is 0.364. The first-order valence-corrected chi connectivity index (χ1v) is 9.60. The van der Waals surface area contributed by atoms with Crippen molar-refractivity contribution in [2.24, 2.45) is 0 Å². The van der Waals surface area contributed by atoms with E-state index in [1.165, 1.54) is 7.11 Å². The fourth-order valence-electron chi connectivity index (χ4n) is 3.03. The van der Waals surface area contributed by atoms with Crippen molar-refractivity contribution in [1.29, 1.82) is 0 Å². The van der Waals surface area contributed by atoms with Gasteiger partial charge in [0, 0.05) is 52.2 Å². The first kappa shape index (κ1) is 22.2. The minimum atomic E-state index is -0.221. The number of urea groups is 1. The zero-order valence-corrected chi connectivity index (χ0v) is 17.6. The van der Waals surface area contributed by atoms with Crippen LogP contribution in [0.4, 0.5) is 16.2 Å². The summed E-state index contributed by atoms with van der Waals surface area (Å²) in [4.78, 5) is 28.3. The molecule has 2 N–H and O–H groups in total. The molecule has 7 heteroatoms. The van der Waals surface area contributed by atoms with Crippen molar-refractivity contribution < 1.29 is 14.3 Å². The molecule has 0 saturated heterocycles. The van der Waals surface area contributed by atoms with E-state index in [9.17, 15) is 9.59 Å². The molecule has 0 aromatic heterocycles. The van der Waals surface area contributed by atoms with Gasteiger partial charge in [0.05, 0.1) is 0 Å². The van der Waals surface area contributed by atoms with Crippen LogP contribution in [0.25, 0.3) is 0 Å². The second kappa shape index (κ2) is 11.1. The summed E-state index contributed by atoms with van der Waals surface area (Å²) < 4.78 is 4.88. The van der Waals surface area contributed by atoms with Gasteiger partial charge in [0.15, 0.2) is 0 Å². The largest absolute Gasteiger partial charge is 0.377 e. The van der Waals surface area contributed by atoms with Gasteiger partial charge in [-0.1, -0.05) is 30.3 Å². The number of rotatable bonds is 9. The van der Waals surface area contributed by atoms with Crippen LogP contribution >= 0.6 is 0 Å². The van der Waals surface area contributed by atoms with Gasteiger partial charge >= 0.3 is 6.03 Å². The van der Waals surface area contributed by atoms with Crippen LogP contribution in [0.1, 0.15) is 18.1 Å². The van der Waals surface area contributed by atoms with E-state index in [0.717, 1.165) is 16.8 Å². The number of benzene rings is 2. The molecule has 3 amide bonds. The lowest BCUT2D eigenvalue weighted by atomic mass is 10.1. The van der Waals surface area contributed by atoms with Crippen molar-refractivity contribution >= 4 is 23.3 Å². The molecule has 2 aromatic rings. The minimum absolute atomic E-state index is 0.0101. The van der Waals surface area contributed by atoms with Crippen molar-refractivity contribution in [2.75, 3.05) is 44.6 Å². The third-order valence-corrected chi connectivity index (χ3v) is 4.31. The third-order valence-electron chi connectivity index (χ3n) is 4.31. The fourth-order valence-corrected chi connectivity index (χ4v) is 3.03. The van der Waals surface area contributed by atoms with Crippen LogP contribution in [0.2, 0.25) is 0 Å². The lowest BCUT2D eigenvalue weighted by Gasteiger charge is -2.26. The number of carbonyl (C=O) groups is 2. The molecule has 2 rings (SSSR count). The summed E-state index contributed by atoms with van der Waals surface area (Å²) in [5, 5.41) is 5.71. The van der Waals surface area contributed by atoms with Gasteiger partial charge in [-0.15, -0.1) is 0 Å². The minimum Gasteiger partial charge on any atom is -0.377 e. The summed E-state index contributed by atoms with van der Waals surface area (Å²) in [6.45, 7) is 3.33. The Balaban J connectivity index is 2.30. The Labute approximate surface area is 172 Å². The van der Waals surface area contributed by atoms with Gasteiger partial charge in [0.1, 0.15) is 6.61 Å². The number of hydrogen-bond donors (Lipinski definition) is 2. The molecule has 0 fully saturated rings. The smallest absolute Gasteiger partial charge is 0.317 e. The highest BCUT2D eigenvalue weighted by atomic mass is 16.5. The molecule has 2 aromatic carbocycles. The van der Waals surface area contributed by atoms with Crippen LogP contribution in [0.5, 0.6) is 0 Å². The number of methoxy groups -OCH3 is 1. The van der Waals surface area contributed by atoms with E-state index in [2.05, 4.69) is 10.6 Å². The predicted molar refractivity (Wildman–Crippen MR) is 116 cm³/mol. The van der Waals surface area contributed by atoms with Crippen LogP contribution in [-0.2, 0) is 22.6 Å². The quantitative estimate of drug-likeness (QED) is 0.681. The SMILES string of the molecule is CCNC(=O)N(Cc1ccccc1)Cc1cc(NC(=O)COC)ccc1N(C)C. The summed E-state index contributed by atoms with van der Waals surface area (Å²) >= 11 is 0. The zero-order chi connectivity index (χ0) is 21.2. The van der Waals surface area contributed by atoms with E-state index >= 15 is 0 Å². The molecule has 0 aliphatic rings. The van der Waals surface area contributed by atoms with Crippen molar-refractivity contribution in [3.8, 4) is 0 Å². The number of anilines is 2. The molecule has 0 unspecified atom stereocenters. The third kappa shape index (κ3) is 6.80. The van der Waals surface area contributed by atoms with Crippen LogP contribution in [0, 0.1) is 0 Å². The second-order valence-corrected chi connectivity index (χ2v) is 6.90. The van der Waals surface area contributed by atoms with Crippen molar-refractivity contribution in [3.63, 3.8) is 0 Å². The summed E-state index contributed by atoms with van der Waals surface area (Å²) in [7, 11) is 5.39. The second-order valence-electron chi connectivity index (χ2n) is 6.90. The summed E-state index contributed by atoms with van der Waals surface area (Å²) in [6, 6.07) is 15.4. The topological polar surface area (TPSA) is 73.9 Å². The summed E-state index contributed by atoms with van der Waals surface area (Å²) in [6.07, 6.45) is 0. The molecule has 0 heterocycles. The Bertz CT molecular complexity index is 809. The molecular weight excluding hydrogens is 368 g/mol. The summed E-state index contributed by atoms with van der Waals surface area (Å²) in [5.74, 6) is -0.221. The lowest BCUT2D eigenvalue weighted by molar-refractivity contribution is -0.119. The van der Waals surface area contributed by atoms with Crippen LogP contribution in [0.15, 0.2) is 48.5 Å².